The molecule has 9 heteroatoms. The maximum Gasteiger partial charge on any atom is 0.244 e. The van der Waals surface area contributed by atoms with E-state index in [0.29, 0.717) is 12.1 Å². The zero-order chi connectivity index (χ0) is 15.5. The second-order valence-electron chi connectivity index (χ2n) is 4.44. The highest BCUT2D eigenvalue weighted by Crippen LogP contribution is 2.17. The van der Waals surface area contributed by atoms with Crippen LogP contribution in [-0.4, -0.2) is 25.5 Å². The Hall–Kier alpha value is -1.74. The molecule has 0 radical (unpaired) electrons. The van der Waals surface area contributed by atoms with Crippen molar-refractivity contribution in [3.8, 4) is 0 Å². The number of hydrogen-bond acceptors (Lipinski definition) is 4. The van der Waals surface area contributed by atoms with Crippen molar-refractivity contribution in [1.82, 2.24) is 4.72 Å². The molecule has 0 aliphatic carbocycles. The topological polar surface area (TPSA) is 105 Å². The van der Waals surface area contributed by atoms with Gasteiger partial charge in [-0.15, -0.1) is 0 Å². The predicted octanol–water partition coefficient (Wildman–Crippen LogP) is 1.01. The molecular formula is C11H15F2N3O3S. The molecule has 112 valence electrons. The van der Waals surface area contributed by atoms with Gasteiger partial charge in [-0.25, -0.2) is 21.9 Å². The number of benzene rings is 1. The van der Waals surface area contributed by atoms with Crippen molar-refractivity contribution in [3.63, 3.8) is 0 Å². The lowest BCUT2D eigenvalue weighted by atomic mass is 10.1. The molecule has 6 nitrogen and oxygen atoms in total. The number of sulfonamides is 1. The van der Waals surface area contributed by atoms with Crippen LogP contribution < -0.4 is 10.5 Å². The highest BCUT2D eigenvalue weighted by Gasteiger charge is 2.28. The van der Waals surface area contributed by atoms with Crippen LogP contribution in [0, 0.1) is 17.6 Å². The van der Waals surface area contributed by atoms with Crippen molar-refractivity contribution in [3.05, 3.63) is 29.8 Å². The van der Waals surface area contributed by atoms with Crippen molar-refractivity contribution < 1.29 is 22.4 Å². The van der Waals surface area contributed by atoms with Crippen LogP contribution in [0.25, 0.3) is 0 Å². The molecule has 0 bridgehead atoms. The van der Waals surface area contributed by atoms with E-state index in [9.17, 15) is 17.2 Å². The first-order valence-electron chi connectivity index (χ1n) is 5.64. The Morgan fingerprint density at radius 2 is 2.00 bits per heavy atom. The molecule has 1 unspecified atom stereocenters. The van der Waals surface area contributed by atoms with Gasteiger partial charge in [-0.1, -0.05) is 19.0 Å². The third-order valence-electron chi connectivity index (χ3n) is 2.57. The van der Waals surface area contributed by atoms with Crippen molar-refractivity contribution >= 4 is 15.9 Å². The van der Waals surface area contributed by atoms with Gasteiger partial charge in [0.1, 0.15) is 16.5 Å². The zero-order valence-electron chi connectivity index (χ0n) is 10.8. The van der Waals surface area contributed by atoms with E-state index in [-0.39, 0.29) is 11.8 Å². The van der Waals surface area contributed by atoms with Crippen molar-refractivity contribution in [2.75, 3.05) is 0 Å². The molecule has 0 saturated carbocycles. The lowest BCUT2D eigenvalue weighted by molar-refractivity contribution is 0.313. The quantitative estimate of drug-likeness (QED) is 0.327. The summed E-state index contributed by atoms with van der Waals surface area (Å²) in [6.45, 7) is 3.24. The maximum atomic E-state index is 13.5. The normalized spacial score (nSPS) is 14.6. The van der Waals surface area contributed by atoms with Crippen LogP contribution in [0.15, 0.2) is 28.3 Å². The van der Waals surface area contributed by atoms with Crippen LogP contribution in [-0.2, 0) is 10.0 Å². The molecule has 20 heavy (non-hydrogen) atoms. The summed E-state index contributed by atoms with van der Waals surface area (Å²) in [5.74, 6) is -2.73. The molecule has 0 amide bonds. The number of nitrogens with two attached hydrogens (primary N) is 1. The van der Waals surface area contributed by atoms with E-state index >= 15 is 0 Å². The summed E-state index contributed by atoms with van der Waals surface area (Å²) in [6.07, 6.45) is 0. The van der Waals surface area contributed by atoms with Gasteiger partial charge in [-0.2, -0.15) is 0 Å². The molecular weight excluding hydrogens is 292 g/mol. The van der Waals surface area contributed by atoms with E-state index in [1.807, 2.05) is 0 Å². The van der Waals surface area contributed by atoms with Gasteiger partial charge in [0, 0.05) is 0 Å². The Balaban J connectivity index is 3.20. The van der Waals surface area contributed by atoms with E-state index in [1.54, 1.807) is 13.8 Å². The molecule has 0 spiro atoms. The molecule has 1 aromatic rings. The molecule has 0 aliphatic rings. The average Bonchev–Trinajstić information content (AvgIpc) is 2.37. The molecule has 1 aromatic carbocycles. The van der Waals surface area contributed by atoms with Crippen LogP contribution in [0.5, 0.6) is 0 Å². The highest BCUT2D eigenvalue weighted by atomic mass is 32.2. The van der Waals surface area contributed by atoms with E-state index in [1.165, 1.54) is 0 Å². The first-order chi connectivity index (χ1) is 9.19. The fourth-order valence-corrected chi connectivity index (χ4v) is 2.96. The summed E-state index contributed by atoms with van der Waals surface area (Å²) in [7, 11) is -4.35. The largest absolute Gasteiger partial charge is 0.409 e. The van der Waals surface area contributed by atoms with Crippen LogP contribution >= 0.6 is 0 Å². The van der Waals surface area contributed by atoms with Gasteiger partial charge in [0.25, 0.3) is 0 Å². The van der Waals surface area contributed by atoms with Crippen LogP contribution in [0.1, 0.15) is 13.8 Å². The second kappa shape index (κ2) is 6.14. The van der Waals surface area contributed by atoms with Gasteiger partial charge in [-0.05, 0) is 24.1 Å². The Morgan fingerprint density at radius 1 is 1.40 bits per heavy atom. The SMILES string of the molecule is CC(C)C(NS(=O)(=O)c1cc(F)ccc1F)C(N)=NO. The molecule has 1 rings (SSSR count). The van der Waals surface area contributed by atoms with Crippen LogP contribution in [0.3, 0.4) is 0 Å². The third kappa shape index (κ3) is 3.64. The van der Waals surface area contributed by atoms with Crippen molar-refractivity contribution in [2.24, 2.45) is 16.8 Å². The number of hydrogen-bond donors (Lipinski definition) is 3. The predicted molar refractivity (Wildman–Crippen MR) is 68.7 cm³/mol. The third-order valence-corrected chi connectivity index (χ3v) is 4.02. The number of oxime groups is 1. The second-order valence-corrected chi connectivity index (χ2v) is 6.12. The molecule has 0 aliphatic heterocycles. The number of nitrogens with one attached hydrogen (secondary N) is 1. The van der Waals surface area contributed by atoms with Gasteiger partial charge in [0.15, 0.2) is 5.84 Å². The fourth-order valence-electron chi connectivity index (χ4n) is 1.51. The Morgan fingerprint density at radius 3 is 2.50 bits per heavy atom. The standard InChI is InChI=1S/C11H15F2N3O3S/c1-6(2)10(11(14)15-17)16-20(18,19)9-5-7(12)3-4-8(9)13/h3-6,10,16-17H,1-2H3,(H2,14,15). The van der Waals surface area contributed by atoms with E-state index < -0.39 is 32.6 Å². The summed E-state index contributed by atoms with van der Waals surface area (Å²) in [6, 6.07) is 1.02. The summed E-state index contributed by atoms with van der Waals surface area (Å²) < 4.78 is 52.7. The van der Waals surface area contributed by atoms with Crippen LogP contribution in [0.4, 0.5) is 8.78 Å². The van der Waals surface area contributed by atoms with Gasteiger partial charge in [0.05, 0.1) is 6.04 Å². The van der Waals surface area contributed by atoms with E-state index in [4.69, 9.17) is 10.9 Å². The van der Waals surface area contributed by atoms with Crippen molar-refractivity contribution in [2.45, 2.75) is 24.8 Å². The lowest BCUT2D eigenvalue weighted by Gasteiger charge is -2.20. The van der Waals surface area contributed by atoms with Crippen molar-refractivity contribution in [1.29, 1.82) is 0 Å². The first-order valence-corrected chi connectivity index (χ1v) is 7.12. The number of amidine groups is 1. The molecule has 0 aromatic heterocycles. The molecule has 0 fully saturated rings. The lowest BCUT2D eigenvalue weighted by Crippen LogP contribution is -2.47. The van der Waals surface area contributed by atoms with E-state index in [2.05, 4.69) is 9.88 Å². The average molecular weight is 307 g/mol. The molecule has 4 N–H and O–H groups in total. The summed E-state index contributed by atoms with van der Waals surface area (Å²) in [4.78, 5) is -0.839. The Labute approximate surface area is 115 Å². The minimum Gasteiger partial charge on any atom is -0.409 e. The monoisotopic (exact) mass is 307 g/mol. The summed E-state index contributed by atoms with van der Waals surface area (Å²) in [5, 5.41) is 11.3. The van der Waals surface area contributed by atoms with Gasteiger partial charge in [0.2, 0.25) is 10.0 Å². The summed E-state index contributed by atoms with van der Waals surface area (Å²) in [5.41, 5.74) is 5.38. The van der Waals surface area contributed by atoms with Gasteiger partial charge < -0.3 is 10.9 Å². The number of halogens is 2. The maximum absolute atomic E-state index is 13.5. The van der Waals surface area contributed by atoms with Crippen LogP contribution in [0.2, 0.25) is 0 Å². The minimum absolute atomic E-state index is 0.364. The summed E-state index contributed by atoms with van der Waals surface area (Å²) >= 11 is 0. The number of nitrogens with zero attached hydrogens (tertiary/aromatic N) is 1. The Kier molecular flexibility index (Phi) is 5.01. The molecule has 0 saturated heterocycles. The fraction of sp³-hybridized carbons (Fsp3) is 0.364. The van der Waals surface area contributed by atoms with Gasteiger partial charge >= 0.3 is 0 Å². The Bertz CT molecular complexity index is 617. The van der Waals surface area contributed by atoms with E-state index in [0.717, 1.165) is 6.07 Å². The zero-order valence-corrected chi connectivity index (χ0v) is 11.7. The smallest absolute Gasteiger partial charge is 0.244 e. The minimum atomic E-state index is -4.35. The molecule has 0 heterocycles. The number of rotatable bonds is 5. The highest BCUT2D eigenvalue weighted by molar-refractivity contribution is 7.89. The molecule has 1 atom stereocenters. The van der Waals surface area contributed by atoms with Gasteiger partial charge in [-0.3, -0.25) is 0 Å². The first kappa shape index (κ1) is 16.3.